The van der Waals surface area contributed by atoms with E-state index in [-0.39, 0.29) is 6.42 Å². The highest BCUT2D eigenvalue weighted by Gasteiger charge is 1.97. The van der Waals surface area contributed by atoms with Crippen molar-refractivity contribution in [3.05, 3.63) is 34.3 Å². The number of nitriles is 1. The largest absolute Gasteiger partial charge is 0.468 e. The van der Waals surface area contributed by atoms with Gasteiger partial charge in [0.2, 0.25) is 0 Å². The van der Waals surface area contributed by atoms with Gasteiger partial charge >= 0.3 is 5.97 Å². The van der Waals surface area contributed by atoms with Gasteiger partial charge in [-0.2, -0.15) is 5.26 Å². The fourth-order valence-corrected chi connectivity index (χ4v) is 1.25. The van der Waals surface area contributed by atoms with E-state index in [1.165, 1.54) is 7.11 Å². The van der Waals surface area contributed by atoms with Gasteiger partial charge in [0.1, 0.15) is 6.42 Å². The molecule has 1 aromatic rings. The highest BCUT2D eigenvalue weighted by Crippen LogP contribution is 2.13. The zero-order valence-corrected chi connectivity index (χ0v) is 9.34. The fourth-order valence-electron chi connectivity index (χ4n) is 1.02. The van der Waals surface area contributed by atoms with Crippen LogP contribution in [0.4, 0.5) is 0 Å². The van der Waals surface area contributed by atoms with Gasteiger partial charge in [-0.05, 0) is 18.2 Å². The van der Waals surface area contributed by atoms with Crippen LogP contribution in [0, 0.1) is 23.2 Å². The van der Waals surface area contributed by atoms with E-state index in [1.807, 2.05) is 6.07 Å². The van der Waals surface area contributed by atoms with E-state index in [4.69, 9.17) is 16.9 Å². The summed E-state index contributed by atoms with van der Waals surface area (Å²) in [6.07, 6.45) is 0.0188. The highest BCUT2D eigenvalue weighted by atomic mass is 35.5. The maximum absolute atomic E-state index is 10.8. The summed E-state index contributed by atoms with van der Waals surface area (Å²) >= 11 is 5.79. The average Bonchev–Trinajstić information content (AvgIpc) is 2.28. The average molecular weight is 234 g/mol. The number of carbonyl (C=O) groups excluding carboxylic acids is 1. The van der Waals surface area contributed by atoms with Crippen molar-refractivity contribution in [1.29, 1.82) is 5.26 Å². The molecule has 0 radical (unpaired) electrons. The molecule has 0 aliphatic carbocycles. The molecule has 0 amide bonds. The number of hydrogen-bond donors (Lipinski definition) is 0. The number of methoxy groups -OCH3 is 1. The van der Waals surface area contributed by atoms with Gasteiger partial charge in [0.05, 0.1) is 18.7 Å². The van der Waals surface area contributed by atoms with Gasteiger partial charge in [-0.15, -0.1) is 0 Å². The second kappa shape index (κ2) is 5.80. The third kappa shape index (κ3) is 3.65. The number of nitrogens with zero attached hydrogens (tertiary/aromatic N) is 1. The second-order valence-electron chi connectivity index (χ2n) is 2.90. The van der Waals surface area contributed by atoms with Crippen LogP contribution in [0.2, 0.25) is 5.02 Å². The van der Waals surface area contributed by atoms with Crippen molar-refractivity contribution >= 4 is 17.6 Å². The summed E-state index contributed by atoms with van der Waals surface area (Å²) in [5.41, 5.74) is 1.04. The molecule has 0 saturated carbocycles. The Labute approximate surface area is 98.6 Å². The monoisotopic (exact) mass is 233 g/mol. The molecule has 0 N–H and O–H groups in total. The van der Waals surface area contributed by atoms with Crippen molar-refractivity contribution in [3.63, 3.8) is 0 Å². The molecule has 0 atom stereocenters. The van der Waals surface area contributed by atoms with Crippen LogP contribution < -0.4 is 0 Å². The SMILES string of the molecule is COC(=O)CC#Cc1cc(Cl)cc(C#N)c1. The van der Waals surface area contributed by atoms with Crippen LogP contribution in [0.1, 0.15) is 17.5 Å². The van der Waals surface area contributed by atoms with Crippen LogP contribution >= 0.6 is 11.6 Å². The highest BCUT2D eigenvalue weighted by molar-refractivity contribution is 6.30. The van der Waals surface area contributed by atoms with Gasteiger partial charge in [0.25, 0.3) is 0 Å². The lowest BCUT2D eigenvalue weighted by atomic mass is 10.1. The Bertz CT molecular complexity index is 506. The second-order valence-corrected chi connectivity index (χ2v) is 3.33. The molecule has 0 aromatic heterocycles. The van der Waals surface area contributed by atoms with E-state index in [9.17, 15) is 4.79 Å². The standard InChI is InChI=1S/C12H8ClNO2/c1-16-12(15)4-2-3-9-5-10(8-14)7-11(13)6-9/h5-7H,4H2,1H3. The number of benzene rings is 1. The molecular weight excluding hydrogens is 226 g/mol. The van der Waals surface area contributed by atoms with Crippen molar-refractivity contribution in [2.24, 2.45) is 0 Å². The summed E-state index contributed by atoms with van der Waals surface area (Å²) < 4.78 is 4.44. The summed E-state index contributed by atoms with van der Waals surface area (Å²) in [6, 6.07) is 6.76. The van der Waals surface area contributed by atoms with Crippen LogP contribution in [-0.2, 0) is 9.53 Å². The lowest BCUT2D eigenvalue weighted by Crippen LogP contribution is -1.97. The van der Waals surface area contributed by atoms with Gasteiger partial charge < -0.3 is 4.74 Å². The quantitative estimate of drug-likeness (QED) is 0.552. The molecule has 0 heterocycles. The molecule has 4 heteroatoms. The van der Waals surface area contributed by atoms with E-state index < -0.39 is 5.97 Å². The molecule has 0 aliphatic heterocycles. The first-order valence-electron chi connectivity index (χ1n) is 4.42. The molecule has 0 aliphatic rings. The number of esters is 1. The predicted molar refractivity (Wildman–Crippen MR) is 59.7 cm³/mol. The summed E-state index contributed by atoms with van der Waals surface area (Å²) in [5, 5.41) is 9.15. The minimum atomic E-state index is -0.393. The zero-order valence-electron chi connectivity index (χ0n) is 8.58. The zero-order chi connectivity index (χ0) is 12.0. The summed E-state index contributed by atoms with van der Waals surface area (Å²) in [7, 11) is 1.30. The van der Waals surface area contributed by atoms with E-state index >= 15 is 0 Å². The lowest BCUT2D eigenvalue weighted by molar-refractivity contribution is -0.139. The van der Waals surface area contributed by atoms with Crippen molar-refractivity contribution in [2.75, 3.05) is 7.11 Å². The van der Waals surface area contributed by atoms with Crippen molar-refractivity contribution < 1.29 is 9.53 Å². The van der Waals surface area contributed by atoms with Crippen molar-refractivity contribution in [3.8, 4) is 17.9 Å². The Balaban J connectivity index is 2.85. The number of rotatable bonds is 1. The topological polar surface area (TPSA) is 50.1 Å². The third-order valence-electron chi connectivity index (χ3n) is 1.72. The molecule has 0 saturated heterocycles. The van der Waals surface area contributed by atoms with Crippen LogP contribution in [0.15, 0.2) is 18.2 Å². The number of ether oxygens (including phenoxy) is 1. The van der Waals surface area contributed by atoms with Crippen LogP contribution in [-0.4, -0.2) is 13.1 Å². The number of halogens is 1. The van der Waals surface area contributed by atoms with Gasteiger partial charge in [-0.3, -0.25) is 4.79 Å². The van der Waals surface area contributed by atoms with E-state index in [1.54, 1.807) is 18.2 Å². The van der Waals surface area contributed by atoms with Gasteiger partial charge in [-0.25, -0.2) is 0 Å². The van der Waals surface area contributed by atoms with E-state index in [0.717, 1.165) is 0 Å². The van der Waals surface area contributed by atoms with Gasteiger partial charge in [0, 0.05) is 10.6 Å². The molecule has 1 aromatic carbocycles. The Morgan fingerprint density at radius 2 is 2.12 bits per heavy atom. The molecular formula is C12H8ClNO2. The minimum absolute atomic E-state index is 0.0188. The Morgan fingerprint density at radius 1 is 1.44 bits per heavy atom. The Kier molecular flexibility index (Phi) is 4.39. The molecule has 3 nitrogen and oxygen atoms in total. The first-order valence-corrected chi connectivity index (χ1v) is 4.80. The number of hydrogen-bond acceptors (Lipinski definition) is 3. The maximum Gasteiger partial charge on any atom is 0.317 e. The van der Waals surface area contributed by atoms with Crippen LogP contribution in [0.3, 0.4) is 0 Å². The minimum Gasteiger partial charge on any atom is -0.468 e. The molecule has 0 spiro atoms. The fraction of sp³-hybridized carbons (Fsp3) is 0.167. The summed E-state index contributed by atoms with van der Waals surface area (Å²) in [6.45, 7) is 0. The lowest BCUT2D eigenvalue weighted by Gasteiger charge is -1.94. The first kappa shape index (κ1) is 12.1. The maximum atomic E-state index is 10.8. The van der Waals surface area contributed by atoms with Gasteiger partial charge in [0.15, 0.2) is 0 Å². The Morgan fingerprint density at radius 3 is 2.75 bits per heavy atom. The molecule has 1 rings (SSSR count). The number of carbonyl (C=O) groups is 1. The van der Waals surface area contributed by atoms with Crippen LogP contribution in [0.5, 0.6) is 0 Å². The first-order chi connectivity index (χ1) is 7.65. The van der Waals surface area contributed by atoms with E-state index in [2.05, 4.69) is 16.6 Å². The normalized spacial score (nSPS) is 8.56. The molecule has 16 heavy (non-hydrogen) atoms. The summed E-state index contributed by atoms with van der Waals surface area (Å²) in [5.74, 6) is 4.98. The Hall–Kier alpha value is -1.97. The van der Waals surface area contributed by atoms with E-state index in [0.29, 0.717) is 16.1 Å². The third-order valence-corrected chi connectivity index (χ3v) is 1.94. The smallest absolute Gasteiger partial charge is 0.317 e. The van der Waals surface area contributed by atoms with Crippen molar-refractivity contribution in [1.82, 2.24) is 0 Å². The van der Waals surface area contributed by atoms with Crippen molar-refractivity contribution in [2.45, 2.75) is 6.42 Å². The molecule has 0 unspecified atom stereocenters. The van der Waals surface area contributed by atoms with Crippen LogP contribution in [0.25, 0.3) is 0 Å². The predicted octanol–water partition coefficient (Wildman–Crippen LogP) is 2.13. The van der Waals surface area contributed by atoms with Gasteiger partial charge in [-0.1, -0.05) is 23.4 Å². The molecule has 80 valence electrons. The molecule has 0 fully saturated rings. The molecule has 0 bridgehead atoms. The summed E-state index contributed by atoms with van der Waals surface area (Å²) in [4.78, 5) is 10.8.